The zero-order valence-electron chi connectivity index (χ0n) is 9.39. The standard InChI is InChI=1S/C11H13FN2O4/c12-7-5-6(1-2-8(7)13)10(16)14-9(3-4-15)11(17)18/h1-2,5,9,15H,3-4,13H2,(H,14,16)(H,17,18)/t9-/m0/s1. The van der Waals surface area contributed by atoms with Crippen molar-refractivity contribution in [1.29, 1.82) is 0 Å². The molecule has 18 heavy (non-hydrogen) atoms. The fourth-order valence-corrected chi connectivity index (χ4v) is 1.30. The molecule has 0 unspecified atom stereocenters. The summed E-state index contributed by atoms with van der Waals surface area (Å²) in [6, 6.07) is 2.20. The van der Waals surface area contributed by atoms with Crippen LogP contribution in [0.4, 0.5) is 10.1 Å². The van der Waals surface area contributed by atoms with E-state index in [0.29, 0.717) is 0 Å². The number of carboxylic acid groups (broad SMARTS) is 1. The van der Waals surface area contributed by atoms with Crippen LogP contribution >= 0.6 is 0 Å². The summed E-state index contributed by atoms with van der Waals surface area (Å²) in [4.78, 5) is 22.4. The number of amides is 1. The molecule has 1 amide bonds. The maximum absolute atomic E-state index is 13.1. The number of aliphatic hydroxyl groups excluding tert-OH is 1. The molecule has 0 aliphatic carbocycles. The lowest BCUT2D eigenvalue weighted by Crippen LogP contribution is -2.41. The molecule has 0 aromatic heterocycles. The van der Waals surface area contributed by atoms with Crippen LogP contribution < -0.4 is 11.1 Å². The summed E-state index contributed by atoms with van der Waals surface area (Å²) in [5.74, 6) is -2.76. The molecular formula is C11H13FN2O4. The largest absolute Gasteiger partial charge is 0.480 e. The Balaban J connectivity index is 2.80. The smallest absolute Gasteiger partial charge is 0.326 e. The van der Waals surface area contributed by atoms with Gasteiger partial charge in [0.05, 0.1) is 5.69 Å². The summed E-state index contributed by atoms with van der Waals surface area (Å²) >= 11 is 0. The van der Waals surface area contributed by atoms with Crippen molar-refractivity contribution in [3.63, 3.8) is 0 Å². The molecule has 6 nitrogen and oxygen atoms in total. The van der Waals surface area contributed by atoms with Crippen LogP contribution in [-0.4, -0.2) is 34.7 Å². The first-order valence-corrected chi connectivity index (χ1v) is 5.15. The van der Waals surface area contributed by atoms with Crippen molar-refractivity contribution in [1.82, 2.24) is 5.32 Å². The topological polar surface area (TPSA) is 113 Å². The molecule has 5 N–H and O–H groups in total. The van der Waals surface area contributed by atoms with Gasteiger partial charge in [0.25, 0.3) is 5.91 Å². The Bertz CT molecular complexity index is 464. The van der Waals surface area contributed by atoms with Gasteiger partial charge >= 0.3 is 5.97 Å². The van der Waals surface area contributed by atoms with Crippen molar-refractivity contribution in [2.24, 2.45) is 0 Å². The predicted molar refractivity (Wildman–Crippen MR) is 61.4 cm³/mol. The number of nitrogens with one attached hydrogen (secondary N) is 1. The van der Waals surface area contributed by atoms with Gasteiger partial charge in [0.2, 0.25) is 0 Å². The van der Waals surface area contributed by atoms with Gasteiger partial charge in [-0.15, -0.1) is 0 Å². The van der Waals surface area contributed by atoms with Crippen LogP contribution in [0.2, 0.25) is 0 Å². The molecule has 0 heterocycles. The first-order valence-electron chi connectivity index (χ1n) is 5.15. The Morgan fingerprint density at radius 1 is 1.44 bits per heavy atom. The quantitative estimate of drug-likeness (QED) is 0.553. The molecule has 98 valence electrons. The lowest BCUT2D eigenvalue weighted by Gasteiger charge is -2.13. The molecule has 1 rings (SSSR count). The van der Waals surface area contributed by atoms with Crippen LogP contribution in [-0.2, 0) is 4.79 Å². The molecule has 1 aromatic rings. The number of hydrogen-bond donors (Lipinski definition) is 4. The van der Waals surface area contributed by atoms with E-state index >= 15 is 0 Å². The van der Waals surface area contributed by atoms with Crippen LogP contribution in [0.3, 0.4) is 0 Å². The van der Waals surface area contributed by atoms with E-state index in [1.165, 1.54) is 12.1 Å². The van der Waals surface area contributed by atoms with Crippen LogP contribution in [0, 0.1) is 5.82 Å². The van der Waals surface area contributed by atoms with E-state index < -0.39 is 23.7 Å². The Kier molecular flexibility index (Phi) is 4.61. The Morgan fingerprint density at radius 3 is 2.61 bits per heavy atom. The SMILES string of the molecule is Nc1ccc(C(=O)N[C@@H](CCO)C(=O)O)cc1F. The highest BCUT2D eigenvalue weighted by atomic mass is 19.1. The maximum Gasteiger partial charge on any atom is 0.326 e. The van der Waals surface area contributed by atoms with Gasteiger partial charge in [0.15, 0.2) is 0 Å². The number of carbonyl (C=O) groups excluding carboxylic acids is 1. The van der Waals surface area contributed by atoms with Gasteiger partial charge in [-0.3, -0.25) is 4.79 Å². The van der Waals surface area contributed by atoms with Crippen LogP contribution in [0.5, 0.6) is 0 Å². The average Bonchev–Trinajstić information content (AvgIpc) is 2.31. The van der Waals surface area contributed by atoms with Gasteiger partial charge in [-0.2, -0.15) is 0 Å². The van der Waals surface area contributed by atoms with Gasteiger partial charge < -0.3 is 21.3 Å². The fourth-order valence-electron chi connectivity index (χ4n) is 1.30. The normalized spacial score (nSPS) is 11.9. The lowest BCUT2D eigenvalue weighted by molar-refractivity contribution is -0.139. The minimum absolute atomic E-state index is 0.0362. The van der Waals surface area contributed by atoms with E-state index in [9.17, 15) is 14.0 Å². The number of hydrogen-bond acceptors (Lipinski definition) is 4. The Morgan fingerprint density at radius 2 is 2.11 bits per heavy atom. The summed E-state index contributed by atoms with van der Waals surface area (Å²) in [6.45, 7) is -0.382. The minimum atomic E-state index is -1.27. The van der Waals surface area contributed by atoms with Gasteiger partial charge in [-0.05, 0) is 18.2 Å². The van der Waals surface area contributed by atoms with Crippen molar-refractivity contribution in [3.05, 3.63) is 29.6 Å². The van der Waals surface area contributed by atoms with E-state index in [-0.39, 0.29) is 24.3 Å². The maximum atomic E-state index is 13.1. The van der Waals surface area contributed by atoms with Gasteiger partial charge in [0.1, 0.15) is 11.9 Å². The summed E-state index contributed by atoms with van der Waals surface area (Å²) in [7, 11) is 0. The van der Waals surface area contributed by atoms with Gasteiger partial charge in [-0.1, -0.05) is 0 Å². The predicted octanol–water partition coefficient (Wildman–Crippen LogP) is -0.0267. The highest BCUT2D eigenvalue weighted by Gasteiger charge is 2.20. The van der Waals surface area contributed by atoms with E-state index in [4.69, 9.17) is 15.9 Å². The van der Waals surface area contributed by atoms with Crippen molar-refractivity contribution in [3.8, 4) is 0 Å². The summed E-state index contributed by atoms with van der Waals surface area (Å²) < 4.78 is 13.1. The number of aliphatic hydroxyl groups is 1. The third-order valence-electron chi connectivity index (χ3n) is 2.28. The number of anilines is 1. The number of rotatable bonds is 5. The molecule has 0 aliphatic heterocycles. The van der Waals surface area contributed by atoms with E-state index in [1.54, 1.807) is 0 Å². The monoisotopic (exact) mass is 256 g/mol. The van der Waals surface area contributed by atoms with E-state index in [1.807, 2.05) is 0 Å². The van der Waals surface area contributed by atoms with Crippen LogP contribution in [0.25, 0.3) is 0 Å². The Labute approximate surface area is 102 Å². The van der Waals surface area contributed by atoms with Crippen LogP contribution in [0.1, 0.15) is 16.8 Å². The number of benzene rings is 1. The molecule has 0 saturated heterocycles. The molecule has 0 aliphatic rings. The third-order valence-corrected chi connectivity index (χ3v) is 2.28. The van der Waals surface area contributed by atoms with Crippen molar-refractivity contribution in [2.75, 3.05) is 12.3 Å². The van der Waals surface area contributed by atoms with Gasteiger partial charge in [0, 0.05) is 18.6 Å². The first-order chi connectivity index (χ1) is 8.45. The third kappa shape index (κ3) is 3.42. The van der Waals surface area contributed by atoms with E-state index in [2.05, 4.69) is 5.32 Å². The second-order valence-electron chi connectivity index (χ2n) is 3.61. The molecule has 0 spiro atoms. The average molecular weight is 256 g/mol. The van der Waals surface area contributed by atoms with Crippen LogP contribution in [0.15, 0.2) is 18.2 Å². The molecule has 0 fully saturated rings. The first kappa shape index (κ1) is 13.9. The van der Waals surface area contributed by atoms with E-state index in [0.717, 1.165) is 6.07 Å². The molecular weight excluding hydrogens is 243 g/mol. The van der Waals surface area contributed by atoms with Crippen molar-refractivity contribution >= 4 is 17.6 Å². The number of aliphatic carboxylic acids is 1. The fraction of sp³-hybridized carbons (Fsp3) is 0.273. The highest BCUT2D eigenvalue weighted by Crippen LogP contribution is 2.12. The molecule has 7 heteroatoms. The second kappa shape index (κ2) is 5.97. The zero-order chi connectivity index (χ0) is 13.7. The van der Waals surface area contributed by atoms with Gasteiger partial charge in [-0.25, -0.2) is 9.18 Å². The zero-order valence-corrected chi connectivity index (χ0v) is 9.39. The number of carbonyl (C=O) groups is 2. The number of carboxylic acids is 1. The summed E-state index contributed by atoms with van der Waals surface area (Å²) in [6.07, 6.45) is -0.126. The summed E-state index contributed by atoms with van der Waals surface area (Å²) in [5.41, 5.74) is 5.12. The number of halogens is 1. The summed E-state index contributed by atoms with van der Waals surface area (Å²) in [5, 5.41) is 19.6. The van der Waals surface area contributed by atoms with Crippen molar-refractivity contribution < 1.29 is 24.2 Å². The highest BCUT2D eigenvalue weighted by molar-refractivity contribution is 5.96. The Hall–Kier alpha value is -2.15. The second-order valence-corrected chi connectivity index (χ2v) is 3.61. The molecule has 1 atom stereocenters. The lowest BCUT2D eigenvalue weighted by atomic mass is 10.1. The molecule has 0 saturated carbocycles. The number of nitrogen functional groups attached to an aromatic ring is 1. The molecule has 1 aromatic carbocycles. The molecule has 0 bridgehead atoms. The van der Waals surface area contributed by atoms with Crippen molar-refractivity contribution in [2.45, 2.75) is 12.5 Å². The number of nitrogens with two attached hydrogens (primary N) is 1. The molecule has 0 radical (unpaired) electrons. The minimum Gasteiger partial charge on any atom is -0.480 e.